The largest absolute Gasteiger partial charge is 0.434 e. The minimum absolute atomic E-state index is 0.0302. The van der Waals surface area contributed by atoms with Crippen LogP contribution in [0.2, 0.25) is 0 Å². The Bertz CT molecular complexity index is 483. The number of amides is 2. The number of hydrogen-bond acceptors (Lipinski definition) is 2. The number of carbonyl (C=O) groups is 1. The molecule has 1 aliphatic rings. The Kier molecular flexibility index (Phi) is 2.72. The van der Waals surface area contributed by atoms with Gasteiger partial charge < -0.3 is 4.74 Å². The molecular weight excluding hydrogens is 218 g/mol. The van der Waals surface area contributed by atoms with Crippen molar-refractivity contribution in [2.24, 2.45) is 9.98 Å². The summed E-state index contributed by atoms with van der Waals surface area (Å²) in [5, 5.41) is 0. The number of benzene rings is 1. The van der Waals surface area contributed by atoms with E-state index in [1.54, 1.807) is 12.1 Å². The second-order valence-electron chi connectivity index (χ2n) is 2.91. The van der Waals surface area contributed by atoms with Crippen LogP contribution in [0.25, 0.3) is 0 Å². The summed E-state index contributed by atoms with van der Waals surface area (Å²) >= 11 is 0. The average molecular weight is 224 g/mol. The maximum absolute atomic E-state index is 12.1. The van der Waals surface area contributed by atoms with E-state index in [9.17, 15) is 13.6 Å². The Morgan fingerprint density at radius 1 is 1.25 bits per heavy atom. The number of para-hydroxylation sites is 1. The summed E-state index contributed by atoms with van der Waals surface area (Å²) in [6, 6.07) is 5.44. The van der Waals surface area contributed by atoms with E-state index in [0.717, 1.165) is 0 Å². The summed E-state index contributed by atoms with van der Waals surface area (Å²) < 4.78 is 28.5. The summed E-state index contributed by atoms with van der Waals surface area (Å²) in [5.41, 5.74) is 0.540. The second kappa shape index (κ2) is 4.18. The molecule has 0 N–H and O–H groups in total. The minimum Gasteiger partial charge on any atom is -0.434 e. The van der Waals surface area contributed by atoms with Crippen molar-refractivity contribution in [3.8, 4) is 5.75 Å². The third-order valence-corrected chi connectivity index (χ3v) is 1.89. The number of halogens is 2. The summed E-state index contributed by atoms with van der Waals surface area (Å²) in [7, 11) is 0. The summed E-state index contributed by atoms with van der Waals surface area (Å²) in [5.74, 6) is -0.0302. The fraction of sp³-hybridized carbons (Fsp3) is 0.100. The lowest BCUT2D eigenvalue weighted by Crippen LogP contribution is -2.08. The molecule has 82 valence electrons. The minimum atomic E-state index is -2.92. The van der Waals surface area contributed by atoms with E-state index in [1.165, 1.54) is 18.3 Å². The highest BCUT2D eigenvalue weighted by molar-refractivity contribution is 6.44. The molecule has 1 aromatic carbocycles. The molecule has 0 aromatic heterocycles. The van der Waals surface area contributed by atoms with Gasteiger partial charge in [0.25, 0.3) is 0 Å². The summed E-state index contributed by atoms with van der Waals surface area (Å²) in [6.45, 7) is -2.92. The van der Waals surface area contributed by atoms with E-state index in [4.69, 9.17) is 0 Å². The Morgan fingerprint density at radius 2 is 2.00 bits per heavy atom. The summed E-state index contributed by atoms with van der Waals surface area (Å²) in [4.78, 5) is 17.7. The van der Waals surface area contributed by atoms with E-state index in [-0.39, 0.29) is 11.5 Å². The zero-order valence-electron chi connectivity index (χ0n) is 7.93. The quantitative estimate of drug-likeness (QED) is 0.790. The number of alkyl halides is 2. The molecule has 0 radical (unpaired) electrons. The SMILES string of the molecule is O=C1N=CC(c2ccccc2OC(F)F)=N1. The van der Waals surface area contributed by atoms with E-state index in [1.807, 2.05) is 0 Å². The third-order valence-electron chi connectivity index (χ3n) is 1.89. The lowest BCUT2D eigenvalue weighted by atomic mass is 10.1. The molecule has 0 unspecified atom stereocenters. The molecule has 1 heterocycles. The van der Waals surface area contributed by atoms with Crippen LogP contribution < -0.4 is 4.74 Å². The molecule has 16 heavy (non-hydrogen) atoms. The van der Waals surface area contributed by atoms with Crippen LogP contribution in [-0.4, -0.2) is 24.6 Å². The first-order chi connectivity index (χ1) is 7.66. The van der Waals surface area contributed by atoms with Crippen LogP contribution in [0, 0.1) is 0 Å². The predicted molar refractivity (Wildman–Crippen MR) is 53.5 cm³/mol. The van der Waals surface area contributed by atoms with Gasteiger partial charge in [-0.2, -0.15) is 18.8 Å². The molecule has 0 atom stereocenters. The van der Waals surface area contributed by atoms with E-state index >= 15 is 0 Å². The molecule has 0 bridgehead atoms. The van der Waals surface area contributed by atoms with Gasteiger partial charge in [0, 0.05) is 5.56 Å². The second-order valence-corrected chi connectivity index (χ2v) is 2.91. The first-order valence-electron chi connectivity index (χ1n) is 4.38. The van der Waals surface area contributed by atoms with Crippen LogP contribution in [0.5, 0.6) is 5.75 Å². The number of urea groups is 1. The number of carbonyl (C=O) groups excluding carboxylic acids is 1. The normalized spacial score (nSPS) is 14.4. The Labute approximate surface area is 89.3 Å². The zero-order chi connectivity index (χ0) is 11.5. The molecule has 0 saturated heterocycles. The molecule has 0 saturated carbocycles. The van der Waals surface area contributed by atoms with Gasteiger partial charge in [-0.3, -0.25) is 0 Å². The Hall–Kier alpha value is -2.11. The molecule has 0 aliphatic carbocycles. The van der Waals surface area contributed by atoms with Gasteiger partial charge in [-0.15, -0.1) is 0 Å². The fourth-order valence-electron chi connectivity index (χ4n) is 1.28. The Morgan fingerprint density at radius 3 is 2.62 bits per heavy atom. The standard InChI is InChI=1S/C10H6F2N2O2/c11-9(12)16-8-4-2-1-3-6(8)7-5-13-10(15)14-7/h1-5,9H. The molecule has 6 heteroatoms. The van der Waals surface area contributed by atoms with Crippen LogP contribution >= 0.6 is 0 Å². The number of nitrogens with zero attached hydrogens (tertiary/aromatic N) is 2. The van der Waals surface area contributed by atoms with Crippen molar-refractivity contribution in [1.82, 2.24) is 0 Å². The lowest BCUT2D eigenvalue weighted by molar-refractivity contribution is -0.0499. The maximum atomic E-state index is 12.1. The highest BCUT2D eigenvalue weighted by Crippen LogP contribution is 2.21. The van der Waals surface area contributed by atoms with Crippen LogP contribution in [0.1, 0.15) is 5.56 Å². The molecule has 2 amide bonds. The van der Waals surface area contributed by atoms with Crippen molar-refractivity contribution in [3.63, 3.8) is 0 Å². The van der Waals surface area contributed by atoms with E-state index in [2.05, 4.69) is 14.7 Å². The van der Waals surface area contributed by atoms with Crippen molar-refractivity contribution in [1.29, 1.82) is 0 Å². The van der Waals surface area contributed by atoms with Crippen molar-refractivity contribution in [2.75, 3.05) is 0 Å². The monoisotopic (exact) mass is 224 g/mol. The topological polar surface area (TPSA) is 51.0 Å². The third kappa shape index (κ3) is 2.10. The van der Waals surface area contributed by atoms with Gasteiger partial charge in [-0.25, -0.2) is 4.79 Å². The zero-order valence-corrected chi connectivity index (χ0v) is 7.93. The predicted octanol–water partition coefficient (Wildman–Crippen LogP) is 2.28. The van der Waals surface area contributed by atoms with Crippen LogP contribution in [0.15, 0.2) is 34.3 Å². The molecule has 4 nitrogen and oxygen atoms in total. The van der Waals surface area contributed by atoms with Gasteiger partial charge in [-0.05, 0) is 12.1 Å². The van der Waals surface area contributed by atoms with Crippen LogP contribution in [0.3, 0.4) is 0 Å². The first kappa shape index (κ1) is 10.4. The first-order valence-corrected chi connectivity index (χ1v) is 4.38. The van der Waals surface area contributed by atoms with Crippen molar-refractivity contribution < 1.29 is 18.3 Å². The van der Waals surface area contributed by atoms with Gasteiger partial charge in [0.15, 0.2) is 0 Å². The van der Waals surface area contributed by atoms with Crippen molar-refractivity contribution >= 4 is 18.0 Å². The van der Waals surface area contributed by atoms with E-state index < -0.39 is 12.6 Å². The van der Waals surface area contributed by atoms with Crippen molar-refractivity contribution in [2.45, 2.75) is 6.61 Å². The number of hydrogen-bond donors (Lipinski definition) is 0. The summed E-state index contributed by atoms with van der Waals surface area (Å²) in [6.07, 6.45) is 1.22. The van der Waals surface area contributed by atoms with Crippen LogP contribution in [-0.2, 0) is 0 Å². The number of aliphatic imine (C=N–C) groups is 2. The lowest BCUT2D eigenvalue weighted by Gasteiger charge is -2.08. The maximum Gasteiger partial charge on any atom is 0.387 e. The van der Waals surface area contributed by atoms with Crippen molar-refractivity contribution in [3.05, 3.63) is 29.8 Å². The molecular formula is C10H6F2N2O2. The molecule has 1 aromatic rings. The van der Waals surface area contributed by atoms with Gasteiger partial charge >= 0.3 is 12.6 Å². The number of rotatable bonds is 3. The molecule has 0 fully saturated rings. The Balaban J connectivity index is 2.37. The van der Waals surface area contributed by atoms with Gasteiger partial charge in [0.1, 0.15) is 5.75 Å². The van der Waals surface area contributed by atoms with E-state index in [0.29, 0.717) is 5.56 Å². The molecule has 0 spiro atoms. The van der Waals surface area contributed by atoms with Gasteiger partial charge in [-0.1, -0.05) is 12.1 Å². The van der Waals surface area contributed by atoms with Gasteiger partial charge in [0.05, 0.1) is 11.9 Å². The molecule has 1 aliphatic heterocycles. The fourth-order valence-corrected chi connectivity index (χ4v) is 1.28. The molecule has 2 rings (SSSR count). The number of ether oxygens (including phenoxy) is 1. The van der Waals surface area contributed by atoms with Crippen LogP contribution in [0.4, 0.5) is 13.6 Å². The smallest absolute Gasteiger partial charge is 0.387 e. The highest BCUT2D eigenvalue weighted by Gasteiger charge is 2.16. The average Bonchev–Trinajstić information content (AvgIpc) is 2.65. The van der Waals surface area contributed by atoms with Gasteiger partial charge in [0.2, 0.25) is 0 Å². The highest BCUT2D eigenvalue weighted by atomic mass is 19.3.